The first-order chi connectivity index (χ1) is 10.5. The van der Waals surface area contributed by atoms with Crippen molar-refractivity contribution < 1.29 is 9.72 Å². The minimum atomic E-state index is 0.171. The van der Waals surface area contributed by atoms with E-state index in [2.05, 4.69) is 17.1 Å². The number of hydrogen-bond acceptors (Lipinski definition) is 5. The van der Waals surface area contributed by atoms with Crippen molar-refractivity contribution in [1.82, 2.24) is 0 Å². The van der Waals surface area contributed by atoms with Crippen LogP contribution in [-0.2, 0) is 0 Å². The van der Waals surface area contributed by atoms with Crippen LogP contribution in [0, 0.1) is 22.7 Å². The third kappa shape index (κ3) is 2.50. The van der Waals surface area contributed by atoms with Crippen LogP contribution in [0.25, 0.3) is 11.1 Å². The number of hydrogen-bond donors (Lipinski definition) is 1. The summed E-state index contributed by atoms with van der Waals surface area (Å²) in [6.45, 7) is 0. The van der Waals surface area contributed by atoms with Crippen LogP contribution in [0.5, 0.6) is 5.88 Å². The average molecular weight is 294 g/mol. The van der Waals surface area contributed by atoms with E-state index in [1.807, 2.05) is 43.3 Å². The number of H-pyrrole nitrogens is 1. The number of nitriles is 2. The van der Waals surface area contributed by atoms with Crippen molar-refractivity contribution in [2.45, 2.75) is 0 Å². The normalized spacial score (nSPS) is 9.68. The van der Waals surface area contributed by atoms with Gasteiger partial charge in [-0.15, -0.1) is 0 Å². The Morgan fingerprint density at radius 3 is 2.14 bits per heavy atom. The van der Waals surface area contributed by atoms with E-state index < -0.39 is 0 Å². The SMILES string of the molecule is COc1[nH+]c(N)c(C#N)c(-c2ccc(N(C)C)cc2)c1C#N. The van der Waals surface area contributed by atoms with Crippen molar-refractivity contribution in [1.29, 1.82) is 10.5 Å². The number of rotatable bonds is 3. The van der Waals surface area contributed by atoms with Crippen LogP contribution in [0.15, 0.2) is 24.3 Å². The number of aromatic amines is 1. The highest BCUT2D eigenvalue weighted by Crippen LogP contribution is 2.33. The van der Waals surface area contributed by atoms with E-state index in [1.54, 1.807) is 0 Å². The maximum absolute atomic E-state index is 9.44. The first-order valence-electron chi connectivity index (χ1n) is 6.54. The Balaban J connectivity index is 2.75. The summed E-state index contributed by atoms with van der Waals surface area (Å²) in [5, 5.41) is 18.8. The molecule has 3 N–H and O–H groups in total. The predicted octanol–water partition coefficient (Wildman–Crippen LogP) is 1.57. The van der Waals surface area contributed by atoms with E-state index in [9.17, 15) is 10.5 Å². The molecule has 6 heteroatoms. The summed E-state index contributed by atoms with van der Waals surface area (Å²) < 4.78 is 5.16. The molecule has 0 bridgehead atoms. The van der Waals surface area contributed by atoms with Crippen molar-refractivity contribution >= 4 is 11.5 Å². The summed E-state index contributed by atoms with van der Waals surface area (Å²) >= 11 is 0. The number of nitrogens with two attached hydrogens (primary N) is 1. The maximum atomic E-state index is 9.44. The number of pyridine rings is 1. The molecule has 6 nitrogen and oxygen atoms in total. The molecule has 1 aromatic heterocycles. The summed E-state index contributed by atoms with van der Waals surface area (Å²) in [6.07, 6.45) is 0. The Morgan fingerprint density at radius 2 is 1.68 bits per heavy atom. The molecule has 0 saturated carbocycles. The van der Waals surface area contributed by atoms with Crippen LogP contribution >= 0.6 is 0 Å². The highest BCUT2D eigenvalue weighted by atomic mass is 16.5. The third-order valence-corrected chi connectivity index (χ3v) is 3.34. The van der Waals surface area contributed by atoms with Crippen LogP contribution in [-0.4, -0.2) is 21.2 Å². The van der Waals surface area contributed by atoms with Gasteiger partial charge in [0.15, 0.2) is 5.56 Å². The average Bonchev–Trinajstić information content (AvgIpc) is 2.53. The molecule has 0 unspecified atom stereocenters. The van der Waals surface area contributed by atoms with Gasteiger partial charge in [-0.25, -0.2) is 4.98 Å². The molecule has 2 rings (SSSR count). The van der Waals surface area contributed by atoms with E-state index >= 15 is 0 Å². The van der Waals surface area contributed by atoms with Crippen LogP contribution in [0.2, 0.25) is 0 Å². The highest BCUT2D eigenvalue weighted by molar-refractivity contribution is 5.81. The molecule has 0 atom stereocenters. The Hall–Kier alpha value is -3.25. The fourth-order valence-electron chi connectivity index (χ4n) is 2.21. The van der Waals surface area contributed by atoms with Gasteiger partial charge in [-0.05, 0) is 17.7 Å². The molecule has 0 radical (unpaired) electrons. The number of benzene rings is 1. The number of nitrogen functional groups attached to an aromatic ring is 1. The number of nitrogens with one attached hydrogen (secondary N) is 1. The summed E-state index contributed by atoms with van der Waals surface area (Å²) in [4.78, 5) is 4.70. The van der Waals surface area contributed by atoms with Gasteiger partial charge < -0.3 is 9.64 Å². The minimum absolute atomic E-state index is 0.171. The lowest BCUT2D eigenvalue weighted by Crippen LogP contribution is -2.18. The second kappa shape index (κ2) is 6.02. The zero-order valence-corrected chi connectivity index (χ0v) is 12.6. The van der Waals surface area contributed by atoms with Crippen molar-refractivity contribution in [2.75, 3.05) is 31.8 Å². The smallest absolute Gasteiger partial charge is 0.300 e. The summed E-state index contributed by atoms with van der Waals surface area (Å²) in [6, 6.07) is 11.7. The van der Waals surface area contributed by atoms with Crippen molar-refractivity contribution in [3.63, 3.8) is 0 Å². The van der Waals surface area contributed by atoms with Crippen molar-refractivity contribution in [2.24, 2.45) is 0 Å². The Kier molecular flexibility index (Phi) is 4.15. The largest absolute Gasteiger partial charge is 0.465 e. The van der Waals surface area contributed by atoms with Gasteiger partial charge in [-0.1, -0.05) is 12.1 Å². The molecule has 1 heterocycles. The van der Waals surface area contributed by atoms with Gasteiger partial charge in [-0.3, -0.25) is 5.73 Å². The molecule has 0 aliphatic heterocycles. The number of nitrogens with zero attached hydrogens (tertiary/aromatic N) is 3. The Bertz CT molecular complexity index is 782. The summed E-state index contributed by atoms with van der Waals surface area (Å²) in [5.74, 6) is 0.413. The van der Waals surface area contributed by atoms with E-state index in [0.717, 1.165) is 11.3 Å². The van der Waals surface area contributed by atoms with Gasteiger partial charge in [-0.2, -0.15) is 10.5 Å². The number of ether oxygens (including phenoxy) is 1. The van der Waals surface area contributed by atoms with Crippen molar-refractivity contribution in [3.8, 4) is 29.1 Å². The van der Waals surface area contributed by atoms with Gasteiger partial charge in [0.1, 0.15) is 17.7 Å². The van der Waals surface area contributed by atoms with Crippen LogP contribution < -0.4 is 20.4 Å². The summed E-state index contributed by atoms with van der Waals surface area (Å²) in [7, 11) is 5.32. The zero-order valence-electron chi connectivity index (χ0n) is 12.6. The quantitative estimate of drug-likeness (QED) is 0.926. The molecule has 0 spiro atoms. The van der Waals surface area contributed by atoms with E-state index in [4.69, 9.17) is 10.5 Å². The Labute approximate surface area is 129 Å². The van der Waals surface area contributed by atoms with Gasteiger partial charge in [0.25, 0.3) is 5.82 Å². The number of methoxy groups -OCH3 is 1. The van der Waals surface area contributed by atoms with Crippen LogP contribution in [0.1, 0.15) is 11.1 Å². The number of aromatic nitrogens is 1. The zero-order chi connectivity index (χ0) is 16.3. The number of anilines is 2. The van der Waals surface area contributed by atoms with Gasteiger partial charge in [0.2, 0.25) is 0 Å². The molecule has 2 aromatic rings. The van der Waals surface area contributed by atoms with Crippen molar-refractivity contribution in [3.05, 3.63) is 35.4 Å². The molecular weight excluding hydrogens is 278 g/mol. The molecule has 0 saturated heterocycles. The monoisotopic (exact) mass is 294 g/mol. The Morgan fingerprint density at radius 1 is 1.09 bits per heavy atom. The standard InChI is InChI=1S/C16H15N5O/c1-21(2)11-6-4-10(5-7-11)14-12(8-17)15(19)20-16(22-3)13(14)9-18/h4-7H,1-3H3,(H2,19,20)/p+1. The second-order valence-electron chi connectivity index (χ2n) is 4.86. The third-order valence-electron chi connectivity index (χ3n) is 3.34. The first kappa shape index (κ1) is 15.1. The molecule has 110 valence electrons. The maximum Gasteiger partial charge on any atom is 0.300 e. The van der Waals surface area contributed by atoms with E-state index in [-0.39, 0.29) is 22.8 Å². The van der Waals surface area contributed by atoms with Gasteiger partial charge in [0.05, 0.1) is 7.11 Å². The molecule has 0 aliphatic rings. The lowest BCUT2D eigenvalue weighted by atomic mass is 9.96. The second-order valence-corrected chi connectivity index (χ2v) is 4.86. The topological polar surface area (TPSA) is 100 Å². The molecule has 22 heavy (non-hydrogen) atoms. The lowest BCUT2D eigenvalue weighted by molar-refractivity contribution is -0.376. The molecular formula is C16H16N5O+. The molecule has 0 amide bonds. The highest BCUT2D eigenvalue weighted by Gasteiger charge is 2.24. The fraction of sp³-hybridized carbons (Fsp3) is 0.188. The lowest BCUT2D eigenvalue weighted by Gasteiger charge is -2.14. The molecule has 1 aromatic carbocycles. The molecule has 0 aliphatic carbocycles. The van der Waals surface area contributed by atoms with E-state index in [0.29, 0.717) is 5.56 Å². The first-order valence-corrected chi connectivity index (χ1v) is 6.54. The molecule has 0 fully saturated rings. The minimum Gasteiger partial charge on any atom is -0.465 e. The van der Waals surface area contributed by atoms with Crippen LogP contribution in [0.3, 0.4) is 0 Å². The van der Waals surface area contributed by atoms with Gasteiger partial charge in [0, 0.05) is 25.3 Å². The van der Waals surface area contributed by atoms with Crippen LogP contribution in [0.4, 0.5) is 11.5 Å². The fourth-order valence-corrected chi connectivity index (χ4v) is 2.21. The van der Waals surface area contributed by atoms with E-state index in [1.165, 1.54) is 7.11 Å². The summed E-state index contributed by atoms with van der Waals surface area (Å²) in [5.41, 5.74) is 8.58. The van der Waals surface area contributed by atoms with Gasteiger partial charge >= 0.3 is 5.88 Å². The predicted molar refractivity (Wildman–Crippen MR) is 83.2 cm³/mol.